The van der Waals surface area contributed by atoms with Gasteiger partial charge in [-0.05, 0) is 50.2 Å². The molecule has 6 heteroatoms. The second kappa shape index (κ2) is 7.08. The van der Waals surface area contributed by atoms with E-state index in [0.717, 1.165) is 29.3 Å². The summed E-state index contributed by atoms with van der Waals surface area (Å²) in [6.07, 6.45) is -0.533. The van der Waals surface area contributed by atoms with Gasteiger partial charge in [-0.15, -0.1) is 0 Å². The number of halogens is 3. The maximum absolute atomic E-state index is 12.5. The van der Waals surface area contributed by atoms with Crippen LogP contribution in [-0.4, -0.2) is 28.0 Å². The van der Waals surface area contributed by atoms with Gasteiger partial charge in [0.15, 0.2) is 0 Å². The van der Waals surface area contributed by atoms with Crippen LogP contribution in [0.2, 0.25) is 0 Å². The second-order valence-corrected chi connectivity index (χ2v) is 5.84. The Balaban J connectivity index is 1.96. The Bertz CT molecular complexity index is 638. The molecule has 0 radical (unpaired) electrons. The van der Waals surface area contributed by atoms with Gasteiger partial charge in [0, 0.05) is 37.1 Å². The highest BCUT2D eigenvalue weighted by atomic mass is 19.4. The Hall–Kier alpha value is -1.95. The number of hydrogen-bond acceptors (Lipinski definition) is 3. The Morgan fingerprint density at radius 3 is 2.48 bits per heavy atom. The number of alkyl halides is 3. The molecule has 2 aromatic rings. The zero-order valence-electron chi connectivity index (χ0n) is 13.4. The molecule has 0 spiro atoms. The van der Waals surface area contributed by atoms with Crippen molar-refractivity contribution in [3.63, 3.8) is 0 Å². The van der Waals surface area contributed by atoms with Crippen LogP contribution in [0.25, 0.3) is 0 Å². The van der Waals surface area contributed by atoms with Crippen LogP contribution >= 0.6 is 0 Å². The minimum atomic E-state index is -4.39. The fourth-order valence-corrected chi connectivity index (χ4v) is 2.30. The number of likely N-dealkylation sites (N-methyl/N-ethyl adjacent to an activating group) is 1. The highest BCUT2D eigenvalue weighted by molar-refractivity contribution is 5.17. The highest BCUT2D eigenvalue weighted by Crippen LogP contribution is 2.27. The molecule has 0 N–H and O–H groups in total. The minimum absolute atomic E-state index is 0.214. The van der Waals surface area contributed by atoms with Crippen molar-refractivity contribution in [3.05, 3.63) is 59.2 Å². The summed E-state index contributed by atoms with van der Waals surface area (Å²) in [6, 6.07) is 6.71. The van der Waals surface area contributed by atoms with Crippen molar-refractivity contribution in [2.45, 2.75) is 39.0 Å². The summed E-state index contributed by atoms with van der Waals surface area (Å²) in [5.74, 6) is 0. The fraction of sp³-hybridized carbons (Fsp3) is 0.412. The maximum atomic E-state index is 12.5. The van der Waals surface area contributed by atoms with Crippen molar-refractivity contribution in [2.75, 3.05) is 7.05 Å². The molecular weight excluding hydrogens is 303 g/mol. The molecule has 0 aromatic carbocycles. The normalized spacial score (nSPS) is 13.3. The molecule has 0 amide bonds. The van der Waals surface area contributed by atoms with E-state index in [1.807, 2.05) is 26.1 Å². The van der Waals surface area contributed by atoms with Crippen LogP contribution in [0.1, 0.15) is 29.4 Å². The lowest BCUT2D eigenvalue weighted by molar-refractivity contribution is -0.141. The van der Waals surface area contributed by atoms with Gasteiger partial charge in [0.2, 0.25) is 0 Å². The van der Waals surface area contributed by atoms with Crippen LogP contribution in [0.3, 0.4) is 0 Å². The fourth-order valence-electron chi connectivity index (χ4n) is 2.30. The summed E-state index contributed by atoms with van der Waals surface area (Å²) < 4.78 is 37.5. The number of rotatable bonds is 5. The summed E-state index contributed by atoms with van der Waals surface area (Å²) in [7, 11) is 1.94. The first-order chi connectivity index (χ1) is 10.8. The molecule has 0 unspecified atom stereocenters. The van der Waals surface area contributed by atoms with Gasteiger partial charge in [0.1, 0.15) is 5.69 Å². The zero-order chi connectivity index (χ0) is 17.0. The first-order valence-corrected chi connectivity index (χ1v) is 7.39. The molecule has 0 fully saturated rings. The van der Waals surface area contributed by atoms with Gasteiger partial charge in [0.05, 0.1) is 0 Å². The third-order valence-corrected chi connectivity index (χ3v) is 3.78. The topological polar surface area (TPSA) is 29.0 Å². The molecule has 0 bridgehead atoms. The largest absolute Gasteiger partial charge is 0.433 e. The molecule has 0 aliphatic carbocycles. The molecule has 3 nitrogen and oxygen atoms in total. The second-order valence-electron chi connectivity index (χ2n) is 5.84. The molecule has 0 saturated carbocycles. The summed E-state index contributed by atoms with van der Waals surface area (Å²) in [4.78, 5) is 9.92. The highest BCUT2D eigenvalue weighted by Gasteiger charge is 2.32. The van der Waals surface area contributed by atoms with Crippen molar-refractivity contribution in [1.82, 2.24) is 14.9 Å². The molecule has 23 heavy (non-hydrogen) atoms. The van der Waals surface area contributed by atoms with Gasteiger partial charge < -0.3 is 0 Å². The summed E-state index contributed by atoms with van der Waals surface area (Å²) in [5.41, 5.74) is 2.07. The number of nitrogens with zero attached hydrogens (tertiary/aromatic N) is 3. The molecule has 2 aromatic heterocycles. The number of pyridine rings is 2. The Labute approximate surface area is 134 Å². The van der Waals surface area contributed by atoms with Crippen LogP contribution in [0.15, 0.2) is 36.7 Å². The van der Waals surface area contributed by atoms with Gasteiger partial charge in [-0.2, -0.15) is 13.2 Å². The Morgan fingerprint density at radius 1 is 1.17 bits per heavy atom. The quantitative estimate of drug-likeness (QED) is 0.836. The smallest absolute Gasteiger partial charge is 0.299 e. The predicted octanol–water partition coefficient (Wildman–Crippen LogP) is 3.87. The van der Waals surface area contributed by atoms with E-state index >= 15 is 0 Å². The van der Waals surface area contributed by atoms with E-state index in [4.69, 9.17) is 0 Å². The van der Waals surface area contributed by atoms with E-state index in [1.165, 1.54) is 12.3 Å². The first-order valence-electron chi connectivity index (χ1n) is 7.39. The van der Waals surface area contributed by atoms with Crippen molar-refractivity contribution >= 4 is 0 Å². The van der Waals surface area contributed by atoms with Gasteiger partial charge >= 0.3 is 6.18 Å². The summed E-state index contributed by atoms with van der Waals surface area (Å²) >= 11 is 0. The molecular formula is C17H20F3N3. The van der Waals surface area contributed by atoms with Crippen LogP contribution in [0.4, 0.5) is 13.2 Å². The number of aromatic nitrogens is 2. The van der Waals surface area contributed by atoms with Gasteiger partial charge in [-0.1, -0.05) is 6.07 Å². The lowest BCUT2D eigenvalue weighted by atomic mass is 10.1. The van der Waals surface area contributed by atoms with E-state index in [-0.39, 0.29) is 6.04 Å². The van der Waals surface area contributed by atoms with E-state index in [2.05, 4.69) is 21.8 Å². The van der Waals surface area contributed by atoms with Crippen LogP contribution < -0.4 is 0 Å². The molecule has 2 heterocycles. The average Bonchev–Trinajstić information content (AvgIpc) is 2.46. The van der Waals surface area contributed by atoms with Gasteiger partial charge in [-0.3, -0.25) is 14.9 Å². The van der Waals surface area contributed by atoms with Crippen LogP contribution in [-0.2, 0) is 19.1 Å². The number of hydrogen-bond donors (Lipinski definition) is 0. The first kappa shape index (κ1) is 17.4. The molecule has 2 rings (SSSR count). The summed E-state index contributed by atoms with van der Waals surface area (Å²) in [6.45, 7) is 4.63. The Morgan fingerprint density at radius 2 is 1.91 bits per heavy atom. The molecule has 0 aliphatic rings. The maximum Gasteiger partial charge on any atom is 0.433 e. The van der Waals surface area contributed by atoms with E-state index in [1.54, 1.807) is 6.20 Å². The zero-order valence-corrected chi connectivity index (χ0v) is 13.4. The van der Waals surface area contributed by atoms with Crippen LogP contribution in [0, 0.1) is 6.92 Å². The monoisotopic (exact) mass is 323 g/mol. The summed E-state index contributed by atoms with van der Waals surface area (Å²) in [5, 5.41) is 0. The van der Waals surface area contributed by atoms with Crippen molar-refractivity contribution in [2.24, 2.45) is 0 Å². The van der Waals surface area contributed by atoms with Crippen molar-refractivity contribution in [3.8, 4) is 0 Å². The molecule has 1 atom stereocenters. The minimum Gasteiger partial charge on any atom is -0.299 e. The third kappa shape index (κ3) is 5.03. The Kier molecular flexibility index (Phi) is 5.36. The van der Waals surface area contributed by atoms with Gasteiger partial charge in [-0.25, -0.2) is 0 Å². The van der Waals surface area contributed by atoms with Crippen molar-refractivity contribution < 1.29 is 13.2 Å². The standard InChI is InChI=1S/C17H20F3N3/c1-12-6-7-21-15(8-12)9-13(2)23(3)11-14-4-5-16(22-10-14)17(18,19)20/h4-8,10,13H,9,11H2,1-3H3/t13-/m0/s1. The van der Waals surface area contributed by atoms with Crippen LogP contribution in [0.5, 0.6) is 0 Å². The SMILES string of the molecule is Cc1ccnc(C[C@H](C)N(C)Cc2ccc(C(F)(F)F)nc2)c1. The molecule has 0 saturated heterocycles. The van der Waals surface area contributed by atoms with Crippen molar-refractivity contribution in [1.29, 1.82) is 0 Å². The number of aryl methyl sites for hydroxylation is 1. The van der Waals surface area contributed by atoms with E-state index in [9.17, 15) is 13.2 Å². The molecule has 0 aliphatic heterocycles. The average molecular weight is 323 g/mol. The lowest BCUT2D eigenvalue weighted by Crippen LogP contribution is -2.30. The van der Waals surface area contributed by atoms with E-state index in [0.29, 0.717) is 6.54 Å². The van der Waals surface area contributed by atoms with Gasteiger partial charge in [0.25, 0.3) is 0 Å². The predicted molar refractivity (Wildman–Crippen MR) is 82.8 cm³/mol. The third-order valence-electron chi connectivity index (χ3n) is 3.78. The lowest BCUT2D eigenvalue weighted by Gasteiger charge is -2.24. The van der Waals surface area contributed by atoms with E-state index < -0.39 is 11.9 Å². The molecule has 124 valence electrons.